The second-order valence-corrected chi connectivity index (χ2v) is 7.81. The van der Waals surface area contributed by atoms with Crippen LogP contribution in [0.3, 0.4) is 0 Å². The van der Waals surface area contributed by atoms with Crippen molar-refractivity contribution in [2.45, 2.75) is 33.9 Å². The molecule has 25 heavy (non-hydrogen) atoms. The highest BCUT2D eigenvalue weighted by Gasteiger charge is 2.20. The van der Waals surface area contributed by atoms with Crippen molar-refractivity contribution in [2.75, 3.05) is 7.05 Å². The van der Waals surface area contributed by atoms with Crippen LogP contribution in [-0.2, 0) is 13.1 Å². The number of aryl methyl sites for hydroxylation is 1. The first-order valence-electron chi connectivity index (χ1n) is 8.36. The normalized spacial score (nSPS) is 11.4. The van der Waals surface area contributed by atoms with E-state index in [4.69, 9.17) is 0 Å². The van der Waals surface area contributed by atoms with Gasteiger partial charge in [-0.25, -0.2) is 0 Å². The number of phenolic OH excluding ortho intramolecular Hbond substituents is 1. The summed E-state index contributed by atoms with van der Waals surface area (Å²) >= 11 is 1.48. The summed E-state index contributed by atoms with van der Waals surface area (Å²) in [4.78, 5) is 16.2. The third-order valence-corrected chi connectivity index (χ3v) is 5.24. The Kier molecular flexibility index (Phi) is 4.81. The largest absolute Gasteiger partial charge is 0.508 e. The van der Waals surface area contributed by atoms with E-state index >= 15 is 0 Å². The monoisotopic (exact) mass is 357 g/mol. The van der Waals surface area contributed by atoms with Gasteiger partial charge in [0.05, 0.1) is 10.6 Å². The van der Waals surface area contributed by atoms with Crippen LogP contribution in [0.15, 0.2) is 30.3 Å². The van der Waals surface area contributed by atoms with Crippen LogP contribution in [0.1, 0.15) is 34.8 Å². The van der Waals surface area contributed by atoms with Crippen LogP contribution in [0, 0.1) is 12.8 Å². The lowest BCUT2D eigenvalue weighted by Crippen LogP contribution is -2.25. The van der Waals surface area contributed by atoms with Crippen LogP contribution in [-0.4, -0.2) is 32.7 Å². The summed E-state index contributed by atoms with van der Waals surface area (Å²) in [6.07, 6.45) is 0. The van der Waals surface area contributed by atoms with Gasteiger partial charge >= 0.3 is 0 Å². The minimum atomic E-state index is -0.0417. The minimum absolute atomic E-state index is 0.0417. The number of phenols is 1. The van der Waals surface area contributed by atoms with Gasteiger partial charge in [-0.05, 0) is 25.0 Å². The molecule has 2 heterocycles. The Morgan fingerprint density at radius 1 is 1.36 bits per heavy atom. The zero-order chi connectivity index (χ0) is 18.1. The average molecular weight is 357 g/mol. The second kappa shape index (κ2) is 6.88. The van der Waals surface area contributed by atoms with Crippen molar-refractivity contribution < 1.29 is 9.90 Å². The minimum Gasteiger partial charge on any atom is -0.508 e. The van der Waals surface area contributed by atoms with Gasteiger partial charge in [0.1, 0.15) is 10.6 Å². The van der Waals surface area contributed by atoms with Gasteiger partial charge in [-0.1, -0.05) is 32.0 Å². The van der Waals surface area contributed by atoms with Gasteiger partial charge in [-0.3, -0.25) is 9.48 Å². The Morgan fingerprint density at radius 2 is 2.08 bits per heavy atom. The van der Waals surface area contributed by atoms with Crippen LogP contribution < -0.4 is 0 Å². The SMILES string of the molecule is Cc1nn(CC(C)C)c2sc(C(=O)N(C)Cc3ccccc3O)cc12. The molecule has 6 heteroatoms. The molecule has 0 radical (unpaired) electrons. The molecule has 5 nitrogen and oxygen atoms in total. The Labute approximate surface area is 151 Å². The van der Waals surface area contributed by atoms with E-state index in [2.05, 4.69) is 18.9 Å². The summed E-state index contributed by atoms with van der Waals surface area (Å²) in [7, 11) is 1.76. The van der Waals surface area contributed by atoms with E-state index in [0.29, 0.717) is 17.3 Å². The van der Waals surface area contributed by atoms with Crippen molar-refractivity contribution in [1.29, 1.82) is 0 Å². The summed E-state index contributed by atoms with van der Waals surface area (Å²) in [6.45, 7) is 7.50. The van der Waals surface area contributed by atoms with E-state index < -0.39 is 0 Å². The van der Waals surface area contributed by atoms with E-state index in [1.807, 2.05) is 29.8 Å². The molecule has 0 spiro atoms. The number of aromatic hydroxyl groups is 1. The maximum Gasteiger partial charge on any atom is 0.264 e. The number of thiophene rings is 1. The Hall–Kier alpha value is -2.34. The molecule has 2 aromatic heterocycles. The lowest BCUT2D eigenvalue weighted by molar-refractivity contribution is 0.0789. The molecule has 0 aliphatic rings. The first-order chi connectivity index (χ1) is 11.9. The smallest absolute Gasteiger partial charge is 0.264 e. The fraction of sp³-hybridized carbons (Fsp3) is 0.368. The van der Waals surface area contributed by atoms with E-state index in [1.165, 1.54) is 11.3 Å². The molecule has 0 fully saturated rings. The quantitative estimate of drug-likeness (QED) is 0.750. The van der Waals surface area contributed by atoms with Crippen molar-refractivity contribution in [3.63, 3.8) is 0 Å². The van der Waals surface area contributed by atoms with Gasteiger partial charge < -0.3 is 10.0 Å². The number of carbonyl (C=O) groups is 1. The molecule has 0 bridgehead atoms. The molecule has 0 aliphatic carbocycles. The summed E-state index contributed by atoms with van der Waals surface area (Å²) < 4.78 is 2.00. The maximum absolute atomic E-state index is 12.8. The van der Waals surface area contributed by atoms with E-state index in [0.717, 1.165) is 28.0 Å². The maximum atomic E-state index is 12.8. The van der Waals surface area contributed by atoms with Crippen molar-refractivity contribution in [1.82, 2.24) is 14.7 Å². The number of nitrogens with zero attached hydrogens (tertiary/aromatic N) is 3. The number of rotatable bonds is 5. The van der Waals surface area contributed by atoms with Gasteiger partial charge in [-0.2, -0.15) is 5.10 Å². The summed E-state index contributed by atoms with van der Waals surface area (Å²) in [5.41, 5.74) is 1.69. The fourth-order valence-corrected chi connectivity index (χ4v) is 4.01. The molecule has 1 aromatic carbocycles. The van der Waals surface area contributed by atoms with E-state index in [1.54, 1.807) is 24.1 Å². The molecule has 3 rings (SSSR count). The standard InChI is InChI=1S/C19H23N3O2S/c1-12(2)10-22-19-15(13(3)20-22)9-17(25-19)18(24)21(4)11-14-7-5-6-8-16(14)23/h5-9,12,23H,10-11H2,1-4H3. The lowest BCUT2D eigenvalue weighted by atomic mass is 10.2. The molecule has 0 unspecified atom stereocenters. The summed E-state index contributed by atoms with van der Waals surface area (Å²) in [5.74, 6) is 0.661. The molecule has 0 atom stereocenters. The Balaban J connectivity index is 1.85. The molecular formula is C19H23N3O2S. The molecule has 0 saturated carbocycles. The van der Waals surface area contributed by atoms with Gasteiger partial charge in [0, 0.05) is 31.1 Å². The lowest BCUT2D eigenvalue weighted by Gasteiger charge is -2.17. The number of aromatic nitrogens is 2. The van der Waals surface area contributed by atoms with Gasteiger partial charge in [0.25, 0.3) is 5.91 Å². The molecule has 0 saturated heterocycles. The predicted molar refractivity (Wildman–Crippen MR) is 101 cm³/mol. The Morgan fingerprint density at radius 3 is 2.76 bits per heavy atom. The zero-order valence-electron chi connectivity index (χ0n) is 15.0. The third-order valence-electron chi connectivity index (χ3n) is 4.10. The van der Waals surface area contributed by atoms with Crippen molar-refractivity contribution >= 4 is 27.5 Å². The van der Waals surface area contributed by atoms with Crippen LogP contribution in [0.5, 0.6) is 5.75 Å². The first kappa shape index (κ1) is 17.5. The molecule has 132 valence electrons. The third kappa shape index (κ3) is 3.54. The zero-order valence-corrected chi connectivity index (χ0v) is 15.8. The average Bonchev–Trinajstić information content (AvgIpc) is 3.10. The number of carbonyl (C=O) groups excluding carboxylic acids is 1. The van der Waals surface area contributed by atoms with E-state index in [9.17, 15) is 9.90 Å². The number of amides is 1. The topological polar surface area (TPSA) is 58.4 Å². The number of hydrogen-bond acceptors (Lipinski definition) is 4. The number of para-hydroxylation sites is 1. The first-order valence-corrected chi connectivity index (χ1v) is 9.17. The van der Waals surface area contributed by atoms with Gasteiger partial charge in [-0.15, -0.1) is 11.3 Å². The summed E-state index contributed by atoms with van der Waals surface area (Å²) in [6, 6.07) is 9.03. The van der Waals surface area contributed by atoms with Crippen molar-refractivity contribution in [3.05, 3.63) is 46.5 Å². The second-order valence-electron chi connectivity index (χ2n) is 6.78. The fourth-order valence-electron chi connectivity index (χ4n) is 2.85. The number of hydrogen-bond donors (Lipinski definition) is 1. The molecule has 0 aliphatic heterocycles. The highest BCUT2D eigenvalue weighted by atomic mass is 32.1. The van der Waals surface area contributed by atoms with Gasteiger partial charge in [0.15, 0.2) is 0 Å². The van der Waals surface area contributed by atoms with Crippen LogP contribution in [0.25, 0.3) is 10.2 Å². The van der Waals surface area contributed by atoms with Crippen LogP contribution in [0.4, 0.5) is 0 Å². The van der Waals surface area contributed by atoms with E-state index in [-0.39, 0.29) is 11.7 Å². The molecular weight excluding hydrogens is 334 g/mol. The van der Waals surface area contributed by atoms with Gasteiger partial charge in [0.2, 0.25) is 0 Å². The van der Waals surface area contributed by atoms with Crippen LogP contribution in [0.2, 0.25) is 0 Å². The van der Waals surface area contributed by atoms with Crippen LogP contribution >= 0.6 is 11.3 Å². The Bertz CT molecular complexity index is 911. The van der Waals surface area contributed by atoms with Crippen molar-refractivity contribution in [3.8, 4) is 5.75 Å². The molecule has 1 N–H and O–H groups in total. The number of benzene rings is 1. The highest BCUT2D eigenvalue weighted by molar-refractivity contribution is 7.20. The predicted octanol–water partition coefficient (Wildman–Crippen LogP) is 4.04. The summed E-state index contributed by atoms with van der Waals surface area (Å²) in [5, 5.41) is 15.5. The molecule has 3 aromatic rings. The molecule has 1 amide bonds. The van der Waals surface area contributed by atoms with Crippen molar-refractivity contribution in [2.24, 2.45) is 5.92 Å². The highest BCUT2D eigenvalue weighted by Crippen LogP contribution is 2.30. The number of fused-ring (bicyclic) bond motifs is 1.